The summed E-state index contributed by atoms with van der Waals surface area (Å²) in [6.07, 6.45) is 0. The Morgan fingerprint density at radius 2 is 1.60 bits per heavy atom. The van der Waals surface area contributed by atoms with Gasteiger partial charge >= 0.3 is 0 Å². The molecule has 0 fully saturated rings. The van der Waals surface area contributed by atoms with E-state index in [1.807, 2.05) is 36.4 Å². The molecule has 76 valence electrons. The topological polar surface area (TPSA) is 36.0 Å². The fourth-order valence-corrected chi connectivity index (χ4v) is 1.88. The van der Waals surface area contributed by atoms with E-state index in [4.69, 9.17) is 0 Å². The number of fused-ring (bicyclic) bond motifs is 3. The van der Waals surface area contributed by atoms with Crippen LogP contribution in [0.4, 0.5) is 0 Å². The van der Waals surface area contributed by atoms with E-state index in [0.717, 1.165) is 21.8 Å². The van der Waals surface area contributed by atoms with Gasteiger partial charge in [-0.3, -0.25) is 0 Å². The molecule has 0 bridgehead atoms. The molecule has 3 heteroatoms. The van der Waals surface area contributed by atoms with Crippen LogP contribution in [0.3, 0.4) is 0 Å². The Labute approximate surface area is 93.0 Å². The lowest BCUT2D eigenvalue weighted by Crippen LogP contribution is -1.67. The van der Waals surface area contributed by atoms with Crippen molar-refractivity contribution < 1.29 is 5.11 Å². The van der Waals surface area contributed by atoms with Gasteiger partial charge in [-0.15, -0.1) is 12.4 Å². The van der Waals surface area contributed by atoms with Crippen LogP contribution in [0.1, 0.15) is 0 Å². The van der Waals surface area contributed by atoms with Crippen molar-refractivity contribution in [1.82, 2.24) is 4.98 Å². The van der Waals surface area contributed by atoms with Gasteiger partial charge in [-0.1, -0.05) is 24.3 Å². The van der Waals surface area contributed by atoms with Gasteiger partial charge in [0.05, 0.1) is 5.52 Å². The minimum Gasteiger partial charge on any atom is -0.507 e. The van der Waals surface area contributed by atoms with Crippen molar-refractivity contribution in [3.05, 3.63) is 42.5 Å². The maximum Gasteiger partial charge on any atom is 0.125 e. The largest absolute Gasteiger partial charge is 0.507 e. The summed E-state index contributed by atoms with van der Waals surface area (Å²) in [5.41, 5.74) is 2.04. The van der Waals surface area contributed by atoms with E-state index < -0.39 is 0 Å². The first-order valence-electron chi connectivity index (χ1n) is 4.54. The zero-order valence-electron chi connectivity index (χ0n) is 7.90. The van der Waals surface area contributed by atoms with E-state index in [0.29, 0.717) is 5.75 Å². The smallest absolute Gasteiger partial charge is 0.125 e. The first-order valence-corrected chi connectivity index (χ1v) is 4.54. The minimum absolute atomic E-state index is 0. The third-order valence-electron chi connectivity index (χ3n) is 2.51. The lowest BCUT2D eigenvalue weighted by atomic mass is 10.1. The average Bonchev–Trinajstić information content (AvgIpc) is 2.57. The maximum absolute atomic E-state index is 9.74. The molecule has 0 spiro atoms. The van der Waals surface area contributed by atoms with Crippen LogP contribution in [0.2, 0.25) is 0 Å². The second-order valence-electron chi connectivity index (χ2n) is 3.37. The molecule has 15 heavy (non-hydrogen) atoms. The minimum atomic E-state index is 0. The van der Waals surface area contributed by atoms with Crippen LogP contribution >= 0.6 is 12.4 Å². The van der Waals surface area contributed by atoms with Crippen LogP contribution < -0.4 is 0 Å². The summed E-state index contributed by atoms with van der Waals surface area (Å²) in [4.78, 5) is 3.26. The van der Waals surface area contributed by atoms with Crippen LogP contribution in [0.15, 0.2) is 42.5 Å². The third-order valence-corrected chi connectivity index (χ3v) is 2.51. The first kappa shape index (κ1) is 9.87. The molecule has 0 radical (unpaired) electrons. The van der Waals surface area contributed by atoms with Gasteiger partial charge < -0.3 is 10.1 Å². The summed E-state index contributed by atoms with van der Waals surface area (Å²) in [5, 5.41) is 11.7. The van der Waals surface area contributed by atoms with Gasteiger partial charge in [-0.2, -0.15) is 0 Å². The normalized spacial score (nSPS) is 10.4. The Bertz CT molecular complexity index is 615. The van der Waals surface area contributed by atoms with Crippen molar-refractivity contribution in [3.8, 4) is 5.75 Å². The number of rotatable bonds is 0. The van der Waals surface area contributed by atoms with Gasteiger partial charge in [-0.25, -0.2) is 0 Å². The van der Waals surface area contributed by atoms with Crippen LogP contribution in [0, 0.1) is 0 Å². The molecule has 1 heterocycles. The van der Waals surface area contributed by atoms with Crippen molar-refractivity contribution in [1.29, 1.82) is 0 Å². The molecule has 0 saturated carbocycles. The number of H-pyrrole nitrogens is 1. The van der Waals surface area contributed by atoms with Crippen molar-refractivity contribution >= 4 is 34.2 Å². The standard InChI is InChI=1S/C12H9NO.ClH/c14-11-7-3-6-10-12(11)8-4-1-2-5-9(8)13-10;/h1-7,13-14H;1H. The van der Waals surface area contributed by atoms with Gasteiger partial charge in [0.25, 0.3) is 0 Å². The molecule has 0 aliphatic carbocycles. The highest BCUT2D eigenvalue weighted by molar-refractivity contribution is 6.10. The van der Waals surface area contributed by atoms with Gasteiger partial charge in [0, 0.05) is 16.3 Å². The Morgan fingerprint density at radius 1 is 0.867 bits per heavy atom. The van der Waals surface area contributed by atoms with Crippen LogP contribution in [0.5, 0.6) is 5.75 Å². The van der Waals surface area contributed by atoms with Crippen LogP contribution in [0.25, 0.3) is 21.8 Å². The Balaban J connectivity index is 0.000000853. The fourth-order valence-electron chi connectivity index (χ4n) is 1.88. The molecule has 0 amide bonds. The molecule has 0 aliphatic rings. The van der Waals surface area contributed by atoms with Crippen LogP contribution in [-0.2, 0) is 0 Å². The van der Waals surface area contributed by atoms with Gasteiger partial charge in [-0.05, 0) is 18.2 Å². The van der Waals surface area contributed by atoms with E-state index >= 15 is 0 Å². The van der Waals surface area contributed by atoms with Gasteiger partial charge in [0.2, 0.25) is 0 Å². The summed E-state index contributed by atoms with van der Waals surface area (Å²) >= 11 is 0. The first-order chi connectivity index (χ1) is 6.86. The van der Waals surface area contributed by atoms with E-state index in [9.17, 15) is 5.11 Å². The quantitative estimate of drug-likeness (QED) is 0.597. The summed E-state index contributed by atoms with van der Waals surface area (Å²) in [6.45, 7) is 0. The van der Waals surface area contributed by atoms with E-state index in [1.165, 1.54) is 0 Å². The molecule has 0 atom stereocenters. The molecule has 1 aromatic heterocycles. The molecular weight excluding hydrogens is 210 g/mol. The highest BCUT2D eigenvalue weighted by atomic mass is 35.5. The third kappa shape index (κ3) is 1.34. The second kappa shape index (κ2) is 3.48. The number of hydrogen-bond acceptors (Lipinski definition) is 1. The van der Waals surface area contributed by atoms with Gasteiger partial charge in [0.1, 0.15) is 5.75 Å². The van der Waals surface area contributed by atoms with E-state index in [1.54, 1.807) is 6.07 Å². The molecule has 3 aromatic rings. The molecule has 2 N–H and O–H groups in total. The van der Waals surface area contributed by atoms with E-state index in [-0.39, 0.29) is 12.4 Å². The van der Waals surface area contributed by atoms with Crippen molar-refractivity contribution in [3.63, 3.8) is 0 Å². The van der Waals surface area contributed by atoms with E-state index in [2.05, 4.69) is 4.98 Å². The summed E-state index contributed by atoms with van der Waals surface area (Å²) in [5.74, 6) is 0.333. The SMILES string of the molecule is Cl.Oc1cccc2[nH]c3ccccc3c12. The average molecular weight is 220 g/mol. The van der Waals surface area contributed by atoms with Crippen molar-refractivity contribution in [2.75, 3.05) is 0 Å². The highest BCUT2D eigenvalue weighted by Gasteiger charge is 2.05. The Kier molecular flexibility index (Phi) is 2.29. The summed E-state index contributed by atoms with van der Waals surface area (Å²) in [6, 6.07) is 13.5. The lowest BCUT2D eigenvalue weighted by molar-refractivity contribution is 0.482. The molecular formula is C12H10ClNO. The Morgan fingerprint density at radius 3 is 2.47 bits per heavy atom. The predicted molar refractivity (Wildman–Crippen MR) is 64.7 cm³/mol. The van der Waals surface area contributed by atoms with Crippen LogP contribution in [-0.4, -0.2) is 10.1 Å². The van der Waals surface area contributed by atoms with Crippen molar-refractivity contribution in [2.45, 2.75) is 0 Å². The number of para-hydroxylation sites is 1. The zero-order valence-corrected chi connectivity index (χ0v) is 8.71. The summed E-state index contributed by atoms with van der Waals surface area (Å²) < 4.78 is 0. The van der Waals surface area contributed by atoms with Crippen molar-refractivity contribution in [2.24, 2.45) is 0 Å². The number of phenolic OH excluding ortho intramolecular Hbond substituents is 1. The number of benzene rings is 2. The zero-order chi connectivity index (χ0) is 9.54. The number of phenols is 1. The molecule has 2 nitrogen and oxygen atoms in total. The predicted octanol–water partition coefficient (Wildman–Crippen LogP) is 3.45. The highest BCUT2D eigenvalue weighted by Crippen LogP contribution is 2.31. The molecule has 0 saturated heterocycles. The molecule has 2 aromatic carbocycles. The number of hydrogen-bond donors (Lipinski definition) is 2. The fraction of sp³-hybridized carbons (Fsp3) is 0. The summed E-state index contributed by atoms with van der Waals surface area (Å²) in [7, 11) is 0. The number of aromatic hydroxyl groups is 1. The number of halogens is 1. The maximum atomic E-state index is 9.74. The molecule has 3 rings (SSSR count). The number of aromatic amines is 1. The van der Waals surface area contributed by atoms with Gasteiger partial charge in [0.15, 0.2) is 0 Å². The molecule has 0 aliphatic heterocycles. The monoisotopic (exact) mass is 219 g/mol. The Hall–Kier alpha value is -1.67. The number of aromatic nitrogens is 1. The lowest BCUT2D eigenvalue weighted by Gasteiger charge is -1.93. The number of nitrogens with one attached hydrogen (secondary N) is 1. The molecule has 0 unspecified atom stereocenters. The second-order valence-corrected chi connectivity index (χ2v) is 3.37.